The lowest BCUT2D eigenvalue weighted by Crippen LogP contribution is -2.34. The molecule has 18 heavy (non-hydrogen) atoms. The first-order valence-electron chi connectivity index (χ1n) is 6.65. The molecule has 0 heterocycles. The van der Waals surface area contributed by atoms with Crippen molar-refractivity contribution < 1.29 is 19.1 Å². The molecule has 2 aliphatic rings. The molecule has 0 radical (unpaired) electrons. The van der Waals surface area contributed by atoms with Gasteiger partial charge in [0.05, 0.1) is 5.41 Å². The Morgan fingerprint density at radius 1 is 0.944 bits per heavy atom. The Hall–Kier alpha value is -1.06. The van der Waals surface area contributed by atoms with Crippen LogP contribution in [0.4, 0.5) is 0 Å². The maximum atomic E-state index is 11.8. The van der Waals surface area contributed by atoms with Crippen LogP contribution in [0.3, 0.4) is 0 Å². The van der Waals surface area contributed by atoms with Gasteiger partial charge in [-0.3, -0.25) is 9.59 Å². The molecule has 0 aromatic heterocycles. The Kier molecular flexibility index (Phi) is 3.39. The van der Waals surface area contributed by atoms with E-state index < -0.39 is 5.41 Å². The van der Waals surface area contributed by atoms with Crippen LogP contribution >= 0.6 is 0 Å². The highest BCUT2D eigenvalue weighted by Gasteiger charge is 2.49. The van der Waals surface area contributed by atoms with Crippen LogP contribution in [0.1, 0.15) is 47.0 Å². The molecule has 0 aliphatic heterocycles. The molecule has 102 valence electrons. The number of carbonyl (C=O) groups excluding carboxylic acids is 2. The molecule has 0 N–H and O–H groups in total. The molecule has 2 fully saturated rings. The van der Waals surface area contributed by atoms with E-state index in [0.717, 1.165) is 19.3 Å². The molecule has 4 heteroatoms. The molecule has 0 aromatic carbocycles. The molecule has 0 aromatic rings. The number of esters is 2. The van der Waals surface area contributed by atoms with Gasteiger partial charge >= 0.3 is 11.9 Å². The second-order valence-corrected chi connectivity index (χ2v) is 6.57. The van der Waals surface area contributed by atoms with Gasteiger partial charge in [-0.15, -0.1) is 0 Å². The zero-order valence-corrected chi connectivity index (χ0v) is 11.6. The van der Waals surface area contributed by atoms with E-state index in [-0.39, 0.29) is 24.1 Å². The maximum Gasteiger partial charge on any atom is 0.311 e. The summed E-state index contributed by atoms with van der Waals surface area (Å²) in [5.41, 5.74) is -0.447. The third-order valence-corrected chi connectivity index (χ3v) is 3.92. The van der Waals surface area contributed by atoms with Crippen LogP contribution in [0.2, 0.25) is 0 Å². The molecule has 2 bridgehead atoms. The molecule has 2 saturated carbocycles. The van der Waals surface area contributed by atoms with Crippen LogP contribution in [0.5, 0.6) is 0 Å². The third kappa shape index (κ3) is 2.68. The fourth-order valence-electron chi connectivity index (χ4n) is 2.99. The summed E-state index contributed by atoms with van der Waals surface area (Å²) in [5.74, 6) is 0.391. The van der Waals surface area contributed by atoms with Crippen molar-refractivity contribution in [2.45, 2.75) is 59.2 Å². The van der Waals surface area contributed by atoms with E-state index in [2.05, 4.69) is 0 Å². The zero-order chi connectivity index (χ0) is 13.5. The lowest BCUT2D eigenvalue weighted by Gasteiger charge is -2.29. The molecule has 2 aliphatic carbocycles. The van der Waals surface area contributed by atoms with Gasteiger partial charge in [-0.2, -0.15) is 0 Å². The molecule has 0 amide bonds. The van der Waals surface area contributed by atoms with Crippen LogP contribution in [-0.4, -0.2) is 24.1 Å². The molecule has 2 rings (SSSR count). The predicted molar refractivity (Wildman–Crippen MR) is 65.7 cm³/mol. The first kappa shape index (κ1) is 13.4. The Bertz CT molecular complexity index is 355. The number of hydrogen-bond donors (Lipinski definition) is 0. The molecule has 4 nitrogen and oxygen atoms in total. The van der Waals surface area contributed by atoms with Crippen molar-refractivity contribution in [3.8, 4) is 0 Å². The van der Waals surface area contributed by atoms with Crippen LogP contribution in [0.15, 0.2) is 0 Å². The predicted octanol–water partition coefficient (Wildman–Crippen LogP) is 2.31. The summed E-state index contributed by atoms with van der Waals surface area (Å²) < 4.78 is 10.9. The summed E-state index contributed by atoms with van der Waals surface area (Å²) in [4.78, 5) is 22.8. The van der Waals surface area contributed by atoms with Gasteiger partial charge in [0.15, 0.2) is 0 Å². The van der Waals surface area contributed by atoms with Gasteiger partial charge in [-0.05, 0) is 51.9 Å². The van der Waals surface area contributed by atoms with E-state index >= 15 is 0 Å². The number of carbonyl (C=O) groups is 2. The summed E-state index contributed by atoms with van der Waals surface area (Å²) in [5, 5.41) is 0. The average Bonchev–Trinajstić information content (AvgIpc) is 2.74. The number of rotatable bonds is 2. The van der Waals surface area contributed by atoms with E-state index in [1.807, 2.05) is 20.8 Å². The van der Waals surface area contributed by atoms with Gasteiger partial charge < -0.3 is 9.47 Å². The minimum atomic E-state index is -0.447. The van der Waals surface area contributed by atoms with E-state index in [9.17, 15) is 9.59 Å². The van der Waals surface area contributed by atoms with E-state index in [1.165, 1.54) is 6.92 Å². The quantitative estimate of drug-likeness (QED) is 0.710. The van der Waals surface area contributed by atoms with Gasteiger partial charge in [-0.25, -0.2) is 0 Å². The third-order valence-electron chi connectivity index (χ3n) is 3.92. The molecular formula is C14H22O4. The number of fused-ring (bicyclic) bond motifs is 2. The minimum absolute atomic E-state index is 0.0218. The molecule has 4 unspecified atom stereocenters. The molecule has 4 atom stereocenters. The smallest absolute Gasteiger partial charge is 0.311 e. The second kappa shape index (κ2) is 4.56. The van der Waals surface area contributed by atoms with E-state index in [0.29, 0.717) is 11.8 Å². The van der Waals surface area contributed by atoms with E-state index in [4.69, 9.17) is 9.47 Å². The fraction of sp³-hybridized carbons (Fsp3) is 0.857. The Morgan fingerprint density at radius 2 is 1.44 bits per heavy atom. The van der Waals surface area contributed by atoms with Crippen molar-refractivity contribution in [2.75, 3.05) is 0 Å². The summed E-state index contributed by atoms with van der Waals surface area (Å²) in [6.07, 6.45) is 2.75. The standard InChI is InChI=1S/C14H22O4/c1-8(15)17-11-6-10-5-9(11)7-12(10)18-13(16)14(2,3)4/h9-12H,5-7H2,1-4H3. The van der Waals surface area contributed by atoms with Crippen molar-refractivity contribution >= 4 is 11.9 Å². The molecule has 0 spiro atoms. The molecule has 0 saturated heterocycles. The summed E-state index contributed by atoms with van der Waals surface area (Å²) in [7, 11) is 0. The van der Waals surface area contributed by atoms with Crippen molar-refractivity contribution in [3.05, 3.63) is 0 Å². The lowest BCUT2D eigenvalue weighted by molar-refractivity contribution is -0.164. The minimum Gasteiger partial charge on any atom is -0.462 e. The average molecular weight is 254 g/mol. The van der Waals surface area contributed by atoms with Crippen LogP contribution in [0, 0.1) is 17.3 Å². The number of ether oxygens (including phenoxy) is 2. The first-order valence-corrected chi connectivity index (χ1v) is 6.65. The molecular weight excluding hydrogens is 232 g/mol. The van der Waals surface area contributed by atoms with Gasteiger partial charge in [0, 0.05) is 6.92 Å². The number of hydrogen-bond acceptors (Lipinski definition) is 4. The van der Waals surface area contributed by atoms with Crippen LogP contribution in [-0.2, 0) is 19.1 Å². The monoisotopic (exact) mass is 254 g/mol. The van der Waals surface area contributed by atoms with Gasteiger partial charge in [0.1, 0.15) is 12.2 Å². The first-order chi connectivity index (χ1) is 8.27. The summed E-state index contributed by atoms with van der Waals surface area (Å²) in [6, 6.07) is 0. The summed E-state index contributed by atoms with van der Waals surface area (Å²) in [6.45, 7) is 7.04. The zero-order valence-electron chi connectivity index (χ0n) is 11.6. The van der Waals surface area contributed by atoms with Crippen molar-refractivity contribution in [2.24, 2.45) is 17.3 Å². The van der Waals surface area contributed by atoms with Crippen molar-refractivity contribution in [3.63, 3.8) is 0 Å². The van der Waals surface area contributed by atoms with Gasteiger partial charge in [0.25, 0.3) is 0 Å². The lowest BCUT2D eigenvalue weighted by atomic mass is 9.93. The Morgan fingerprint density at radius 3 is 1.83 bits per heavy atom. The van der Waals surface area contributed by atoms with Crippen LogP contribution < -0.4 is 0 Å². The topological polar surface area (TPSA) is 52.6 Å². The largest absolute Gasteiger partial charge is 0.462 e. The van der Waals surface area contributed by atoms with Crippen molar-refractivity contribution in [1.82, 2.24) is 0 Å². The van der Waals surface area contributed by atoms with E-state index in [1.54, 1.807) is 0 Å². The second-order valence-electron chi connectivity index (χ2n) is 6.57. The highest BCUT2D eigenvalue weighted by Crippen LogP contribution is 2.47. The van der Waals surface area contributed by atoms with Gasteiger partial charge in [0.2, 0.25) is 0 Å². The maximum absolute atomic E-state index is 11.8. The Balaban J connectivity index is 1.88. The van der Waals surface area contributed by atoms with Gasteiger partial charge in [-0.1, -0.05) is 0 Å². The normalized spacial score (nSPS) is 34.4. The SMILES string of the molecule is CC(=O)OC1CC2CC1CC2OC(=O)C(C)(C)C. The Labute approximate surface area is 108 Å². The highest BCUT2D eigenvalue weighted by molar-refractivity contribution is 5.75. The van der Waals surface area contributed by atoms with Crippen LogP contribution in [0.25, 0.3) is 0 Å². The highest BCUT2D eigenvalue weighted by atomic mass is 16.6. The fourth-order valence-corrected chi connectivity index (χ4v) is 2.99. The summed E-state index contributed by atoms with van der Waals surface area (Å²) >= 11 is 0. The van der Waals surface area contributed by atoms with Crippen molar-refractivity contribution in [1.29, 1.82) is 0 Å².